The van der Waals surface area contributed by atoms with Gasteiger partial charge in [0.05, 0.1) is 17.0 Å². The fourth-order valence-electron chi connectivity index (χ4n) is 1.29. The first-order valence-corrected chi connectivity index (χ1v) is 5.12. The van der Waals surface area contributed by atoms with Crippen LogP contribution in [0.2, 0.25) is 0 Å². The Morgan fingerprint density at radius 1 is 1.64 bits per heavy atom. The Kier molecular flexibility index (Phi) is 3.26. The van der Waals surface area contributed by atoms with Crippen molar-refractivity contribution in [3.8, 4) is 6.07 Å². The normalized spacial score (nSPS) is 9.50. The van der Waals surface area contributed by atoms with Crippen LogP contribution >= 0.6 is 15.9 Å². The first-order chi connectivity index (χ1) is 6.61. The van der Waals surface area contributed by atoms with Crippen LogP contribution in [0.5, 0.6) is 0 Å². The molecule has 0 bridgehead atoms. The van der Waals surface area contributed by atoms with Crippen LogP contribution in [0.4, 0.5) is 5.69 Å². The number of carbonyl (C=O) groups is 1. The van der Waals surface area contributed by atoms with Crippen molar-refractivity contribution in [1.29, 1.82) is 5.26 Å². The zero-order valence-corrected chi connectivity index (χ0v) is 9.26. The third-order valence-corrected chi connectivity index (χ3v) is 2.53. The maximum Gasteiger partial charge on any atom is 0.175 e. The van der Waals surface area contributed by atoms with E-state index in [0.29, 0.717) is 22.4 Å². The largest absolute Gasteiger partial charge is 0.398 e. The van der Waals surface area contributed by atoms with Gasteiger partial charge in [-0.2, -0.15) is 5.26 Å². The summed E-state index contributed by atoms with van der Waals surface area (Å²) in [6.07, 6.45) is 0. The maximum atomic E-state index is 11.5. The number of anilines is 1. The number of Topliss-reactive ketones (excluding diaryl/α,β-unsaturated/α-hetero) is 1. The number of ketones is 1. The van der Waals surface area contributed by atoms with Crippen LogP contribution in [0.15, 0.2) is 12.1 Å². The number of nitriles is 1. The van der Waals surface area contributed by atoms with Gasteiger partial charge in [-0.25, -0.2) is 0 Å². The summed E-state index contributed by atoms with van der Waals surface area (Å²) in [4.78, 5) is 11.5. The van der Waals surface area contributed by atoms with Crippen LogP contribution < -0.4 is 5.73 Å². The van der Waals surface area contributed by atoms with Gasteiger partial charge < -0.3 is 5.73 Å². The summed E-state index contributed by atoms with van der Waals surface area (Å²) in [5.41, 5.74) is 7.68. The molecule has 0 atom stereocenters. The lowest BCUT2D eigenvalue weighted by atomic mass is 9.99. The summed E-state index contributed by atoms with van der Waals surface area (Å²) >= 11 is 3.08. The van der Waals surface area contributed by atoms with Gasteiger partial charge in [-0.1, -0.05) is 15.9 Å². The van der Waals surface area contributed by atoms with E-state index in [2.05, 4.69) is 15.9 Å². The molecule has 1 aromatic rings. The van der Waals surface area contributed by atoms with Gasteiger partial charge in [-0.05, 0) is 24.6 Å². The molecule has 1 rings (SSSR count). The molecule has 0 aliphatic rings. The number of carbonyl (C=O) groups excluding carboxylic acids is 1. The number of hydrogen-bond donors (Lipinski definition) is 1. The molecule has 14 heavy (non-hydrogen) atoms. The molecule has 0 aromatic heterocycles. The fourth-order valence-corrected chi connectivity index (χ4v) is 1.57. The summed E-state index contributed by atoms with van der Waals surface area (Å²) < 4.78 is 0. The summed E-state index contributed by atoms with van der Waals surface area (Å²) in [5, 5.41) is 8.99. The molecule has 0 unspecified atom stereocenters. The number of halogens is 1. The van der Waals surface area contributed by atoms with Crippen molar-refractivity contribution in [3.63, 3.8) is 0 Å². The van der Waals surface area contributed by atoms with Gasteiger partial charge in [-0.3, -0.25) is 4.79 Å². The van der Waals surface area contributed by atoms with Crippen molar-refractivity contribution >= 4 is 27.4 Å². The number of nitrogen functional groups attached to an aromatic ring is 1. The molecule has 0 saturated heterocycles. The number of benzene rings is 1. The Hall–Kier alpha value is -1.34. The average Bonchev–Trinajstić information content (AvgIpc) is 2.18. The second-order valence-electron chi connectivity index (χ2n) is 2.87. The molecule has 0 heterocycles. The molecule has 72 valence electrons. The average molecular weight is 253 g/mol. The summed E-state index contributed by atoms with van der Waals surface area (Å²) in [5.74, 6) is -0.0999. The van der Waals surface area contributed by atoms with E-state index in [0.717, 1.165) is 0 Å². The molecule has 0 aliphatic heterocycles. The molecule has 3 nitrogen and oxygen atoms in total. The first-order valence-electron chi connectivity index (χ1n) is 4.00. The third-order valence-electron chi connectivity index (χ3n) is 2.02. The standard InChI is InChI=1S/C10H9BrN2O/c1-6-7(5-12)2-3-8(13)10(6)9(14)4-11/h2-3H,4,13H2,1H3. The Bertz CT molecular complexity index is 421. The summed E-state index contributed by atoms with van der Waals surface area (Å²) in [6, 6.07) is 5.22. The topological polar surface area (TPSA) is 66.9 Å². The van der Waals surface area contributed by atoms with E-state index in [-0.39, 0.29) is 11.1 Å². The highest BCUT2D eigenvalue weighted by atomic mass is 79.9. The number of nitrogens with zero attached hydrogens (tertiary/aromatic N) is 1. The zero-order valence-electron chi connectivity index (χ0n) is 7.67. The number of nitrogens with two attached hydrogens (primary N) is 1. The third kappa shape index (κ3) is 1.78. The van der Waals surface area contributed by atoms with Gasteiger partial charge in [0.15, 0.2) is 5.78 Å². The van der Waals surface area contributed by atoms with E-state index in [1.807, 2.05) is 6.07 Å². The fraction of sp³-hybridized carbons (Fsp3) is 0.200. The van der Waals surface area contributed by atoms with Crippen LogP contribution in [0, 0.1) is 18.3 Å². The van der Waals surface area contributed by atoms with Crippen LogP contribution in [0.3, 0.4) is 0 Å². The quantitative estimate of drug-likeness (QED) is 0.498. The predicted octanol–water partition coefficient (Wildman–Crippen LogP) is 2.03. The molecule has 0 fully saturated rings. The van der Waals surface area contributed by atoms with Crippen molar-refractivity contribution in [2.45, 2.75) is 6.92 Å². The van der Waals surface area contributed by atoms with E-state index in [1.54, 1.807) is 19.1 Å². The molecule has 0 spiro atoms. The minimum atomic E-state index is -0.0999. The van der Waals surface area contributed by atoms with Gasteiger partial charge >= 0.3 is 0 Å². The molecule has 4 heteroatoms. The van der Waals surface area contributed by atoms with Crippen LogP contribution in [0.1, 0.15) is 21.5 Å². The Balaban J connectivity index is 3.42. The van der Waals surface area contributed by atoms with Gasteiger partial charge in [0.2, 0.25) is 0 Å². The first kappa shape index (κ1) is 10.7. The minimum Gasteiger partial charge on any atom is -0.398 e. The van der Waals surface area contributed by atoms with Crippen molar-refractivity contribution in [3.05, 3.63) is 28.8 Å². The SMILES string of the molecule is Cc1c(C#N)ccc(N)c1C(=O)CBr. The van der Waals surface area contributed by atoms with E-state index >= 15 is 0 Å². The molecule has 1 aromatic carbocycles. The number of hydrogen-bond acceptors (Lipinski definition) is 3. The van der Waals surface area contributed by atoms with Crippen molar-refractivity contribution in [1.82, 2.24) is 0 Å². The van der Waals surface area contributed by atoms with Crippen LogP contribution in [0.25, 0.3) is 0 Å². The molecular formula is C10H9BrN2O. The van der Waals surface area contributed by atoms with Gasteiger partial charge in [0, 0.05) is 11.3 Å². The molecule has 0 aliphatic carbocycles. The molecular weight excluding hydrogens is 244 g/mol. The van der Waals surface area contributed by atoms with E-state index < -0.39 is 0 Å². The predicted molar refractivity (Wildman–Crippen MR) is 58.4 cm³/mol. The minimum absolute atomic E-state index is 0.0999. The number of rotatable bonds is 2. The lowest BCUT2D eigenvalue weighted by Gasteiger charge is -2.07. The Morgan fingerprint density at radius 2 is 2.29 bits per heavy atom. The van der Waals surface area contributed by atoms with Crippen LogP contribution in [-0.4, -0.2) is 11.1 Å². The van der Waals surface area contributed by atoms with Gasteiger partial charge in [0.1, 0.15) is 0 Å². The molecule has 0 amide bonds. The molecule has 2 N–H and O–H groups in total. The molecule has 0 radical (unpaired) electrons. The smallest absolute Gasteiger partial charge is 0.175 e. The second kappa shape index (κ2) is 4.25. The van der Waals surface area contributed by atoms with Crippen molar-refractivity contribution < 1.29 is 4.79 Å². The highest BCUT2D eigenvalue weighted by Gasteiger charge is 2.14. The van der Waals surface area contributed by atoms with E-state index in [1.165, 1.54) is 0 Å². The summed E-state index contributed by atoms with van der Waals surface area (Å²) in [7, 11) is 0. The van der Waals surface area contributed by atoms with E-state index in [4.69, 9.17) is 11.0 Å². The Labute approximate surface area is 90.7 Å². The zero-order chi connectivity index (χ0) is 10.7. The highest BCUT2D eigenvalue weighted by Crippen LogP contribution is 2.21. The molecule has 0 saturated carbocycles. The lowest BCUT2D eigenvalue weighted by Crippen LogP contribution is -2.08. The summed E-state index contributed by atoms with van der Waals surface area (Å²) in [6.45, 7) is 1.73. The van der Waals surface area contributed by atoms with Gasteiger partial charge in [-0.15, -0.1) is 0 Å². The second-order valence-corrected chi connectivity index (χ2v) is 3.43. The van der Waals surface area contributed by atoms with Crippen molar-refractivity contribution in [2.75, 3.05) is 11.1 Å². The lowest BCUT2D eigenvalue weighted by molar-refractivity contribution is 0.102. The van der Waals surface area contributed by atoms with Crippen LogP contribution in [-0.2, 0) is 0 Å². The Morgan fingerprint density at radius 3 is 2.79 bits per heavy atom. The monoisotopic (exact) mass is 252 g/mol. The maximum absolute atomic E-state index is 11.5. The van der Waals surface area contributed by atoms with Crippen molar-refractivity contribution in [2.24, 2.45) is 0 Å². The van der Waals surface area contributed by atoms with Gasteiger partial charge in [0.25, 0.3) is 0 Å². The highest BCUT2D eigenvalue weighted by molar-refractivity contribution is 9.09. The van der Waals surface area contributed by atoms with E-state index in [9.17, 15) is 4.79 Å². The number of alkyl halides is 1.